The summed E-state index contributed by atoms with van der Waals surface area (Å²) in [5, 5.41) is 3.59. The van der Waals surface area contributed by atoms with Crippen LogP contribution in [0.4, 0.5) is 0 Å². The maximum atomic E-state index is 3.59. The Bertz CT molecular complexity index is 206. The van der Waals surface area contributed by atoms with Gasteiger partial charge in [-0.2, -0.15) is 0 Å². The van der Waals surface area contributed by atoms with Gasteiger partial charge in [-0.25, -0.2) is 0 Å². The summed E-state index contributed by atoms with van der Waals surface area (Å²) >= 11 is 0. The Morgan fingerprint density at radius 3 is 2.65 bits per heavy atom. The van der Waals surface area contributed by atoms with Gasteiger partial charge < -0.3 is 15.1 Å². The van der Waals surface area contributed by atoms with Crippen LogP contribution in [0.1, 0.15) is 38.5 Å². The molecule has 17 heavy (non-hydrogen) atoms. The van der Waals surface area contributed by atoms with Crippen LogP contribution in [0, 0.1) is 0 Å². The molecule has 0 aromatic heterocycles. The molecule has 3 heteroatoms. The SMILES string of the molecule is CN1CCC(N(C)CCCC2CCCN2)CC1. The van der Waals surface area contributed by atoms with Crippen LogP contribution in [0.5, 0.6) is 0 Å². The van der Waals surface area contributed by atoms with Crippen molar-refractivity contribution in [1.82, 2.24) is 15.1 Å². The van der Waals surface area contributed by atoms with Crippen molar-refractivity contribution in [2.75, 3.05) is 40.3 Å². The predicted molar refractivity (Wildman–Crippen MR) is 73.4 cm³/mol. The molecule has 2 saturated heterocycles. The smallest absolute Gasteiger partial charge is 0.0117 e. The van der Waals surface area contributed by atoms with E-state index in [1.54, 1.807) is 0 Å². The van der Waals surface area contributed by atoms with Crippen molar-refractivity contribution < 1.29 is 0 Å². The molecule has 0 radical (unpaired) electrons. The van der Waals surface area contributed by atoms with Crippen molar-refractivity contribution in [2.24, 2.45) is 0 Å². The number of nitrogens with zero attached hydrogens (tertiary/aromatic N) is 2. The van der Waals surface area contributed by atoms with Gasteiger partial charge in [-0.3, -0.25) is 0 Å². The molecule has 0 amide bonds. The van der Waals surface area contributed by atoms with Crippen molar-refractivity contribution in [3.63, 3.8) is 0 Å². The minimum Gasteiger partial charge on any atom is -0.314 e. The summed E-state index contributed by atoms with van der Waals surface area (Å²) in [6.45, 7) is 5.08. The average molecular weight is 239 g/mol. The monoisotopic (exact) mass is 239 g/mol. The van der Waals surface area contributed by atoms with E-state index in [9.17, 15) is 0 Å². The molecule has 0 aromatic rings. The third-order valence-electron chi connectivity index (χ3n) is 4.54. The predicted octanol–water partition coefficient (Wildman–Crippen LogP) is 1.54. The van der Waals surface area contributed by atoms with E-state index in [2.05, 4.69) is 29.2 Å². The Labute approximate surface area is 107 Å². The topological polar surface area (TPSA) is 18.5 Å². The van der Waals surface area contributed by atoms with E-state index < -0.39 is 0 Å². The first-order valence-corrected chi connectivity index (χ1v) is 7.38. The van der Waals surface area contributed by atoms with Gasteiger partial charge in [0, 0.05) is 12.1 Å². The Morgan fingerprint density at radius 1 is 1.24 bits per heavy atom. The van der Waals surface area contributed by atoms with Gasteiger partial charge in [-0.1, -0.05) is 0 Å². The molecule has 100 valence electrons. The second-order valence-electron chi connectivity index (χ2n) is 5.95. The van der Waals surface area contributed by atoms with Gasteiger partial charge >= 0.3 is 0 Å². The molecule has 2 heterocycles. The highest BCUT2D eigenvalue weighted by Crippen LogP contribution is 2.16. The number of nitrogens with one attached hydrogen (secondary N) is 1. The largest absolute Gasteiger partial charge is 0.314 e. The molecule has 0 aliphatic carbocycles. The van der Waals surface area contributed by atoms with Gasteiger partial charge in [0.25, 0.3) is 0 Å². The molecule has 3 nitrogen and oxygen atoms in total. The van der Waals surface area contributed by atoms with Crippen LogP contribution in [-0.4, -0.2) is 62.2 Å². The standard InChI is InChI=1S/C14H29N3/c1-16-11-7-14(8-12-16)17(2)10-4-6-13-5-3-9-15-13/h13-15H,3-12H2,1-2H3. The summed E-state index contributed by atoms with van der Waals surface area (Å²) in [6.07, 6.45) is 8.23. The second-order valence-corrected chi connectivity index (χ2v) is 5.95. The molecule has 1 unspecified atom stereocenters. The lowest BCUT2D eigenvalue weighted by molar-refractivity contribution is 0.142. The van der Waals surface area contributed by atoms with Gasteiger partial charge in [0.05, 0.1) is 0 Å². The van der Waals surface area contributed by atoms with E-state index in [1.807, 2.05) is 0 Å². The lowest BCUT2D eigenvalue weighted by Crippen LogP contribution is -2.42. The first-order chi connectivity index (χ1) is 8.25. The molecule has 0 bridgehead atoms. The molecule has 2 rings (SSSR count). The summed E-state index contributed by atoms with van der Waals surface area (Å²) in [5.74, 6) is 0. The van der Waals surface area contributed by atoms with Crippen molar-refractivity contribution >= 4 is 0 Å². The minimum absolute atomic E-state index is 0.820. The van der Waals surface area contributed by atoms with Gasteiger partial charge in [0.1, 0.15) is 0 Å². The van der Waals surface area contributed by atoms with Crippen LogP contribution < -0.4 is 5.32 Å². The maximum absolute atomic E-state index is 3.59. The highest BCUT2D eigenvalue weighted by atomic mass is 15.2. The van der Waals surface area contributed by atoms with Crippen LogP contribution in [0.2, 0.25) is 0 Å². The number of likely N-dealkylation sites (tertiary alicyclic amines) is 1. The van der Waals surface area contributed by atoms with E-state index in [1.165, 1.54) is 64.7 Å². The number of piperidine rings is 1. The van der Waals surface area contributed by atoms with E-state index in [-0.39, 0.29) is 0 Å². The number of hydrogen-bond acceptors (Lipinski definition) is 3. The molecule has 2 fully saturated rings. The molecule has 1 atom stereocenters. The van der Waals surface area contributed by atoms with E-state index in [0.717, 1.165) is 12.1 Å². The third-order valence-corrected chi connectivity index (χ3v) is 4.54. The van der Waals surface area contributed by atoms with Crippen LogP contribution in [-0.2, 0) is 0 Å². The fourth-order valence-corrected chi connectivity index (χ4v) is 3.21. The average Bonchev–Trinajstić information content (AvgIpc) is 2.83. The number of rotatable bonds is 5. The Balaban J connectivity index is 1.58. The van der Waals surface area contributed by atoms with Crippen LogP contribution in [0.15, 0.2) is 0 Å². The van der Waals surface area contributed by atoms with Crippen LogP contribution in [0.3, 0.4) is 0 Å². The van der Waals surface area contributed by atoms with Crippen molar-refractivity contribution in [1.29, 1.82) is 0 Å². The van der Waals surface area contributed by atoms with Gasteiger partial charge in [0.2, 0.25) is 0 Å². The number of hydrogen-bond donors (Lipinski definition) is 1. The lowest BCUT2D eigenvalue weighted by atomic mass is 10.0. The zero-order chi connectivity index (χ0) is 12.1. The fraction of sp³-hybridized carbons (Fsp3) is 1.00. The molecule has 0 aromatic carbocycles. The maximum Gasteiger partial charge on any atom is 0.0117 e. The normalized spacial score (nSPS) is 28.1. The summed E-state index contributed by atoms with van der Waals surface area (Å²) in [7, 11) is 4.56. The molecule has 2 aliphatic rings. The summed E-state index contributed by atoms with van der Waals surface area (Å²) in [6, 6.07) is 1.66. The zero-order valence-corrected chi connectivity index (χ0v) is 11.6. The molecule has 0 spiro atoms. The van der Waals surface area contributed by atoms with Gasteiger partial charge in [0.15, 0.2) is 0 Å². The molecule has 1 N–H and O–H groups in total. The summed E-state index contributed by atoms with van der Waals surface area (Å²) < 4.78 is 0. The first-order valence-electron chi connectivity index (χ1n) is 7.38. The summed E-state index contributed by atoms with van der Waals surface area (Å²) in [5.41, 5.74) is 0. The lowest BCUT2D eigenvalue weighted by Gasteiger charge is -2.35. The van der Waals surface area contributed by atoms with Crippen molar-refractivity contribution in [2.45, 2.75) is 50.6 Å². The van der Waals surface area contributed by atoms with E-state index in [0.29, 0.717) is 0 Å². The molecular weight excluding hydrogens is 210 g/mol. The Hall–Kier alpha value is -0.120. The van der Waals surface area contributed by atoms with Gasteiger partial charge in [-0.15, -0.1) is 0 Å². The Morgan fingerprint density at radius 2 is 2.00 bits per heavy atom. The summed E-state index contributed by atoms with van der Waals surface area (Å²) in [4.78, 5) is 5.05. The molecule has 2 aliphatic heterocycles. The van der Waals surface area contributed by atoms with Crippen LogP contribution in [0.25, 0.3) is 0 Å². The van der Waals surface area contributed by atoms with Crippen molar-refractivity contribution in [3.8, 4) is 0 Å². The van der Waals surface area contributed by atoms with Crippen LogP contribution >= 0.6 is 0 Å². The Kier molecular flexibility index (Phi) is 5.26. The van der Waals surface area contributed by atoms with Gasteiger partial charge in [-0.05, 0) is 78.8 Å². The fourth-order valence-electron chi connectivity index (χ4n) is 3.21. The quantitative estimate of drug-likeness (QED) is 0.785. The zero-order valence-electron chi connectivity index (χ0n) is 11.6. The third kappa shape index (κ3) is 4.23. The second kappa shape index (κ2) is 6.72. The molecular formula is C14H29N3. The van der Waals surface area contributed by atoms with E-state index >= 15 is 0 Å². The van der Waals surface area contributed by atoms with E-state index in [4.69, 9.17) is 0 Å². The minimum atomic E-state index is 0.820. The molecule has 0 saturated carbocycles. The first kappa shape index (κ1) is 13.3. The highest BCUT2D eigenvalue weighted by molar-refractivity contribution is 4.78. The van der Waals surface area contributed by atoms with Crippen molar-refractivity contribution in [3.05, 3.63) is 0 Å². The highest BCUT2D eigenvalue weighted by Gasteiger charge is 2.20.